The van der Waals surface area contributed by atoms with E-state index in [-0.39, 0.29) is 0 Å². The summed E-state index contributed by atoms with van der Waals surface area (Å²) in [6, 6.07) is 19.2. The van der Waals surface area contributed by atoms with Crippen molar-refractivity contribution in [2.75, 3.05) is 13.1 Å². The molecule has 2 aromatic carbocycles. The van der Waals surface area contributed by atoms with Crippen LogP contribution < -0.4 is 0 Å². The normalized spacial score (nSPS) is 22.6. The molecule has 0 N–H and O–H groups in total. The van der Waals surface area contributed by atoms with Gasteiger partial charge in [-0.2, -0.15) is 0 Å². The Hall–Kier alpha value is -1.31. The third kappa shape index (κ3) is 4.12. The smallest absolute Gasteiger partial charge is 0.0406 e. The summed E-state index contributed by atoms with van der Waals surface area (Å²) in [7, 11) is 0. The molecule has 1 heterocycles. The van der Waals surface area contributed by atoms with E-state index in [1.807, 2.05) is 12.1 Å². The lowest BCUT2D eigenvalue weighted by molar-refractivity contribution is 0.0970. The number of nitrogens with zero attached hydrogens (tertiary/aromatic N) is 1. The molecule has 0 spiro atoms. The lowest BCUT2D eigenvalue weighted by Gasteiger charge is -2.41. The molecule has 2 aromatic rings. The molecule has 22 heavy (non-hydrogen) atoms. The molecule has 1 nitrogen and oxygen atoms in total. The molecular weight excluding hydrogens is 290 g/mol. The molecule has 0 aromatic heterocycles. The highest BCUT2D eigenvalue weighted by atomic mass is 35.5. The summed E-state index contributed by atoms with van der Waals surface area (Å²) in [5, 5.41) is 0.822. The summed E-state index contributed by atoms with van der Waals surface area (Å²) in [4.78, 5) is 2.61. The number of likely N-dealkylation sites (tertiary alicyclic amines) is 1. The standard InChI is InChI=1S/C20H24ClN/c1-20(14-17-8-10-19(21)11-9-17)12-5-13-22(16-20)15-18-6-3-2-4-7-18/h2-4,6-11H,5,12-16H2,1H3. The average Bonchev–Trinajstić information content (AvgIpc) is 2.50. The van der Waals surface area contributed by atoms with E-state index in [1.165, 1.54) is 37.1 Å². The maximum atomic E-state index is 5.99. The highest BCUT2D eigenvalue weighted by Crippen LogP contribution is 2.34. The minimum absolute atomic E-state index is 0.362. The molecule has 1 aliphatic rings. The monoisotopic (exact) mass is 313 g/mol. The van der Waals surface area contributed by atoms with E-state index in [1.54, 1.807) is 0 Å². The first-order chi connectivity index (χ1) is 10.6. The third-order valence-electron chi connectivity index (χ3n) is 4.65. The van der Waals surface area contributed by atoms with Crippen LogP contribution in [-0.4, -0.2) is 18.0 Å². The van der Waals surface area contributed by atoms with Gasteiger partial charge in [-0.05, 0) is 54.5 Å². The molecule has 0 bridgehead atoms. The van der Waals surface area contributed by atoms with Crippen molar-refractivity contribution in [3.63, 3.8) is 0 Å². The van der Waals surface area contributed by atoms with Crippen LogP contribution in [0.3, 0.4) is 0 Å². The number of rotatable bonds is 4. The molecule has 0 saturated carbocycles. The van der Waals surface area contributed by atoms with Gasteiger partial charge in [0.2, 0.25) is 0 Å². The van der Waals surface area contributed by atoms with E-state index < -0.39 is 0 Å². The van der Waals surface area contributed by atoms with E-state index in [4.69, 9.17) is 11.6 Å². The third-order valence-corrected chi connectivity index (χ3v) is 4.91. The molecule has 1 fully saturated rings. The molecule has 1 atom stereocenters. The van der Waals surface area contributed by atoms with Gasteiger partial charge in [-0.15, -0.1) is 0 Å². The van der Waals surface area contributed by atoms with Crippen LogP contribution >= 0.6 is 11.6 Å². The van der Waals surface area contributed by atoms with Crippen molar-refractivity contribution in [3.05, 3.63) is 70.7 Å². The van der Waals surface area contributed by atoms with Crippen LogP contribution in [0.2, 0.25) is 5.02 Å². The number of benzene rings is 2. The zero-order valence-corrected chi connectivity index (χ0v) is 14.0. The van der Waals surface area contributed by atoms with Crippen molar-refractivity contribution in [1.82, 2.24) is 4.90 Å². The Bertz CT molecular complexity index is 593. The Kier molecular flexibility index (Phi) is 4.85. The van der Waals surface area contributed by atoms with Crippen LogP contribution in [0.5, 0.6) is 0 Å². The molecule has 116 valence electrons. The highest BCUT2D eigenvalue weighted by Gasteiger charge is 2.31. The van der Waals surface area contributed by atoms with E-state index in [0.29, 0.717) is 5.41 Å². The lowest BCUT2D eigenvalue weighted by atomic mass is 9.77. The predicted molar refractivity (Wildman–Crippen MR) is 94.2 cm³/mol. The fourth-order valence-electron chi connectivity index (χ4n) is 3.64. The van der Waals surface area contributed by atoms with Crippen molar-refractivity contribution in [1.29, 1.82) is 0 Å². The Morgan fingerprint density at radius 3 is 2.45 bits per heavy atom. The SMILES string of the molecule is CC1(Cc2ccc(Cl)cc2)CCCN(Cc2ccccc2)C1. The fourth-order valence-corrected chi connectivity index (χ4v) is 3.77. The van der Waals surface area contributed by atoms with Gasteiger partial charge in [0.1, 0.15) is 0 Å². The Morgan fingerprint density at radius 2 is 1.73 bits per heavy atom. The van der Waals surface area contributed by atoms with Crippen LogP contribution in [0.15, 0.2) is 54.6 Å². The predicted octanol–water partition coefficient (Wildman–Crippen LogP) is 5.18. The van der Waals surface area contributed by atoms with Crippen molar-refractivity contribution in [3.8, 4) is 0 Å². The second kappa shape index (κ2) is 6.85. The van der Waals surface area contributed by atoms with Gasteiger partial charge in [0.15, 0.2) is 0 Å². The summed E-state index contributed by atoms with van der Waals surface area (Å²) in [5.74, 6) is 0. The Labute approximate surface area is 138 Å². The summed E-state index contributed by atoms with van der Waals surface area (Å²) in [5.41, 5.74) is 3.17. The molecule has 3 rings (SSSR count). The van der Waals surface area contributed by atoms with E-state index >= 15 is 0 Å². The van der Waals surface area contributed by atoms with Gasteiger partial charge >= 0.3 is 0 Å². The quantitative estimate of drug-likeness (QED) is 0.751. The van der Waals surface area contributed by atoms with Crippen LogP contribution in [0.4, 0.5) is 0 Å². The highest BCUT2D eigenvalue weighted by molar-refractivity contribution is 6.30. The molecule has 2 heteroatoms. The maximum absolute atomic E-state index is 5.99. The van der Waals surface area contributed by atoms with Gasteiger partial charge in [0.25, 0.3) is 0 Å². The van der Waals surface area contributed by atoms with Gasteiger partial charge in [-0.25, -0.2) is 0 Å². The van der Waals surface area contributed by atoms with Crippen LogP contribution in [0, 0.1) is 5.41 Å². The first kappa shape index (κ1) is 15.6. The van der Waals surface area contributed by atoms with Crippen molar-refractivity contribution in [2.45, 2.75) is 32.7 Å². The van der Waals surface area contributed by atoms with Gasteiger partial charge in [0.05, 0.1) is 0 Å². The van der Waals surface area contributed by atoms with Gasteiger partial charge in [-0.3, -0.25) is 4.90 Å². The Balaban J connectivity index is 1.64. The van der Waals surface area contributed by atoms with Gasteiger partial charge in [-0.1, -0.05) is 61.0 Å². The van der Waals surface area contributed by atoms with E-state index in [0.717, 1.165) is 18.0 Å². The van der Waals surface area contributed by atoms with Crippen LogP contribution in [0.25, 0.3) is 0 Å². The summed E-state index contributed by atoms with van der Waals surface area (Å²) >= 11 is 5.99. The largest absolute Gasteiger partial charge is 0.299 e. The molecule has 1 saturated heterocycles. The second-order valence-corrected chi connectivity index (χ2v) is 7.35. The number of hydrogen-bond acceptors (Lipinski definition) is 1. The first-order valence-electron chi connectivity index (χ1n) is 8.14. The molecule has 0 amide bonds. The molecular formula is C20H24ClN. The average molecular weight is 314 g/mol. The molecule has 1 unspecified atom stereocenters. The summed E-state index contributed by atoms with van der Waals surface area (Å²) in [6.07, 6.45) is 3.73. The molecule has 0 aliphatic carbocycles. The molecule has 0 radical (unpaired) electrons. The summed E-state index contributed by atoms with van der Waals surface area (Å²) in [6.45, 7) is 5.88. The number of piperidine rings is 1. The first-order valence-corrected chi connectivity index (χ1v) is 8.52. The topological polar surface area (TPSA) is 3.24 Å². The van der Waals surface area contributed by atoms with Gasteiger partial charge in [0, 0.05) is 18.1 Å². The van der Waals surface area contributed by atoms with E-state index in [9.17, 15) is 0 Å². The second-order valence-electron chi connectivity index (χ2n) is 6.91. The zero-order chi connectivity index (χ0) is 15.4. The minimum Gasteiger partial charge on any atom is -0.299 e. The van der Waals surface area contributed by atoms with E-state index in [2.05, 4.69) is 54.3 Å². The van der Waals surface area contributed by atoms with Gasteiger partial charge < -0.3 is 0 Å². The van der Waals surface area contributed by atoms with Crippen molar-refractivity contribution in [2.24, 2.45) is 5.41 Å². The van der Waals surface area contributed by atoms with Crippen LogP contribution in [-0.2, 0) is 13.0 Å². The lowest BCUT2D eigenvalue weighted by Crippen LogP contribution is -2.42. The van der Waals surface area contributed by atoms with Crippen molar-refractivity contribution < 1.29 is 0 Å². The number of halogens is 1. The minimum atomic E-state index is 0.362. The van der Waals surface area contributed by atoms with Crippen LogP contribution in [0.1, 0.15) is 30.9 Å². The Morgan fingerprint density at radius 1 is 1.00 bits per heavy atom. The fraction of sp³-hybridized carbons (Fsp3) is 0.400. The zero-order valence-electron chi connectivity index (χ0n) is 13.3. The molecule has 1 aliphatic heterocycles. The number of hydrogen-bond donors (Lipinski definition) is 0. The van der Waals surface area contributed by atoms with Crippen molar-refractivity contribution >= 4 is 11.6 Å². The summed E-state index contributed by atoms with van der Waals surface area (Å²) < 4.78 is 0. The maximum Gasteiger partial charge on any atom is 0.0406 e.